The number of benzene rings is 2. The van der Waals surface area contributed by atoms with Gasteiger partial charge in [0.15, 0.2) is 0 Å². The summed E-state index contributed by atoms with van der Waals surface area (Å²) in [5, 5.41) is 0.984. The van der Waals surface area contributed by atoms with Crippen LogP contribution in [-0.2, 0) is 9.59 Å². The van der Waals surface area contributed by atoms with Gasteiger partial charge in [0.1, 0.15) is 6.04 Å². The van der Waals surface area contributed by atoms with E-state index < -0.39 is 23.8 Å². The van der Waals surface area contributed by atoms with Crippen LogP contribution in [0.4, 0.5) is 5.69 Å². The van der Waals surface area contributed by atoms with E-state index in [0.717, 1.165) is 4.90 Å². The Kier molecular flexibility index (Phi) is 5.48. The molecule has 1 aliphatic rings. The van der Waals surface area contributed by atoms with Crippen LogP contribution in [-0.4, -0.2) is 23.8 Å². The minimum absolute atomic E-state index is 0.117. The third-order valence-electron chi connectivity index (χ3n) is 3.74. The Balaban J connectivity index is 1.70. The zero-order chi connectivity index (χ0) is 18.8. The van der Waals surface area contributed by atoms with Crippen molar-refractivity contribution in [3.05, 3.63) is 63.1 Å². The largest absolute Gasteiger partial charge is 0.287 e. The van der Waals surface area contributed by atoms with E-state index in [1.807, 2.05) is 0 Å². The highest BCUT2D eigenvalue weighted by atomic mass is 35.5. The van der Waals surface area contributed by atoms with Crippen molar-refractivity contribution < 1.29 is 14.4 Å². The van der Waals surface area contributed by atoms with Gasteiger partial charge in [-0.25, -0.2) is 10.3 Å². The summed E-state index contributed by atoms with van der Waals surface area (Å²) < 4.78 is 0. The number of halogens is 3. The third kappa shape index (κ3) is 3.83. The lowest BCUT2D eigenvalue weighted by Gasteiger charge is -2.17. The summed E-state index contributed by atoms with van der Waals surface area (Å²) in [6.07, 6.45) is -0.117. The highest BCUT2D eigenvalue weighted by Gasteiger charge is 2.40. The van der Waals surface area contributed by atoms with Crippen LogP contribution in [0.3, 0.4) is 0 Å². The summed E-state index contributed by atoms with van der Waals surface area (Å²) in [7, 11) is 0. The maximum atomic E-state index is 12.5. The molecule has 3 rings (SSSR count). The first-order valence-corrected chi connectivity index (χ1v) is 8.63. The maximum absolute atomic E-state index is 12.5. The number of carbonyl (C=O) groups excluding carboxylic acids is 3. The molecule has 1 fully saturated rings. The number of anilines is 1. The molecule has 0 radical (unpaired) electrons. The molecule has 3 amide bonds. The molecule has 1 heterocycles. The van der Waals surface area contributed by atoms with Crippen molar-refractivity contribution in [3.63, 3.8) is 0 Å². The quantitative estimate of drug-likeness (QED) is 0.597. The van der Waals surface area contributed by atoms with Crippen molar-refractivity contribution in [2.24, 2.45) is 0 Å². The van der Waals surface area contributed by atoms with Crippen molar-refractivity contribution in [1.29, 1.82) is 0 Å². The molecule has 0 aliphatic carbocycles. The fraction of sp³-hybridized carbons (Fsp3) is 0.118. The number of hydrogen-bond acceptors (Lipinski definition) is 4. The van der Waals surface area contributed by atoms with Crippen molar-refractivity contribution >= 4 is 58.2 Å². The lowest BCUT2D eigenvalue weighted by Crippen LogP contribution is -2.48. The minimum atomic E-state index is -0.905. The van der Waals surface area contributed by atoms with Crippen LogP contribution in [0, 0.1) is 0 Å². The Hall–Kier alpha value is -2.12. The molecule has 1 saturated heterocycles. The predicted molar refractivity (Wildman–Crippen MR) is 99.4 cm³/mol. The van der Waals surface area contributed by atoms with Gasteiger partial charge < -0.3 is 0 Å². The average molecular weight is 413 g/mol. The summed E-state index contributed by atoms with van der Waals surface area (Å²) in [4.78, 5) is 37.9. The van der Waals surface area contributed by atoms with Crippen molar-refractivity contribution in [2.45, 2.75) is 12.5 Å². The average Bonchev–Trinajstić information content (AvgIpc) is 2.87. The van der Waals surface area contributed by atoms with Gasteiger partial charge in [0.05, 0.1) is 17.1 Å². The van der Waals surface area contributed by atoms with E-state index in [9.17, 15) is 14.4 Å². The lowest BCUT2D eigenvalue weighted by atomic mass is 10.2. The van der Waals surface area contributed by atoms with Crippen LogP contribution in [0.1, 0.15) is 16.8 Å². The lowest BCUT2D eigenvalue weighted by molar-refractivity contribution is -0.121. The van der Waals surface area contributed by atoms with Crippen LogP contribution in [0.2, 0.25) is 15.1 Å². The van der Waals surface area contributed by atoms with Crippen molar-refractivity contribution in [1.82, 2.24) is 10.9 Å². The Morgan fingerprint density at radius 2 is 1.77 bits per heavy atom. The summed E-state index contributed by atoms with van der Waals surface area (Å²) in [6, 6.07) is 9.89. The number of carbonyl (C=O) groups is 3. The summed E-state index contributed by atoms with van der Waals surface area (Å²) in [6.45, 7) is 0. The van der Waals surface area contributed by atoms with E-state index in [2.05, 4.69) is 10.9 Å². The van der Waals surface area contributed by atoms with Gasteiger partial charge in [0.2, 0.25) is 5.91 Å². The van der Waals surface area contributed by atoms with Crippen molar-refractivity contribution in [2.75, 3.05) is 4.90 Å². The second kappa shape index (κ2) is 7.63. The molecule has 0 saturated carbocycles. The van der Waals surface area contributed by atoms with E-state index in [1.54, 1.807) is 18.2 Å². The summed E-state index contributed by atoms with van der Waals surface area (Å²) in [5.74, 6) is -1.44. The van der Waals surface area contributed by atoms with Crippen LogP contribution in [0.15, 0.2) is 42.5 Å². The molecule has 2 N–H and O–H groups in total. The minimum Gasteiger partial charge on any atom is -0.287 e. The fourth-order valence-electron chi connectivity index (χ4n) is 2.51. The number of imide groups is 1. The molecule has 0 bridgehead atoms. The fourth-order valence-corrected chi connectivity index (χ4v) is 3.20. The molecule has 0 unspecified atom stereocenters. The third-order valence-corrected chi connectivity index (χ3v) is 4.52. The summed E-state index contributed by atoms with van der Waals surface area (Å²) in [5.41, 5.74) is 5.57. The second-order valence-corrected chi connectivity index (χ2v) is 6.81. The first-order chi connectivity index (χ1) is 12.4. The van der Waals surface area contributed by atoms with E-state index in [1.165, 1.54) is 24.3 Å². The molecule has 1 atom stereocenters. The van der Waals surface area contributed by atoms with E-state index >= 15 is 0 Å². The Morgan fingerprint density at radius 1 is 1.04 bits per heavy atom. The highest BCUT2D eigenvalue weighted by molar-refractivity contribution is 6.38. The van der Waals surface area contributed by atoms with Gasteiger partial charge in [0.25, 0.3) is 11.8 Å². The smallest absolute Gasteiger partial charge is 0.265 e. The number of rotatable bonds is 4. The molecular weight excluding hydrogens is 401 g/mol. The van der Waals surface area contributed by atoms with Crippen molar-refractivity contribution in [3.8, 4) is 0 Å². The van der Waals surface area contributed by atoms with Gasteiger partial charge in [-0.15, -0.1) is 0 Å². The molecule has 2 aromatic carbocycles. The summed E-state index contributed by atoms with van der Waals surface area (Å²) >= 11 is 17.8. The molecular formula is C17H12Cl3N3O3. The van der Waals surface area contributed by atoms with Gasteiger partial charge in [-0.2, -0.15) is 0 Å². The Labute approximate surface area is 164 Å². The second-order valence-electron chi connectivity index (χ2n) is 5.53. The number of nitrogens with zero attached hydrogens (tertiary/aromatic N) is 1. The van der Waals surface area contributed by atoms with Crippen LogP contribution < -0.4 is 15.8 Å². The predicted octanol–water partition coefficient (Wildman–Crippen LogP) is 3.21. The number of hydrogen-bond donors (Lipinski definition) is 2. The van der Waals surface area contributed by atoms with Crippen LogP contribution in [0.5, 0.6) is 0 Å². The molecule has 1 aliphatic heterocycles. The maximum Gasteiger partial charge on any atom is 0.265 e. The Bertz CT molecular complexity index is 904. The zero-order valence-electron chi connectivity index (χ0n) is 13.1. The SMILES string of the molecule is O=C(NN[C@@H]1CC(=O)N(c2ccc(Cl)cc2Cl)C1=O)c1cccc(Cl)c1. The van der Waals surface area contributed by atoms with Gasteiger partial charge in [0, 0.05) is 15.6 Å². The van der Waals surface area contributed by atoms with E-state index in [4.69, 9.17) is 34.8 Å². The first kappa shape index (κ1) is 18.7. The number of nitrogens with one attached hydrogen (secondary N) is 2. The van der Waals surface area contributed by atoms with Crippen LogP contribution >= 0.6 is 34.8 Å². The molecule has 26 heavy (non-hydrogen) atoms. The van der Waals surface area contributed by atoms with Gasteiger partial charge in [-0.05, 0) is 36.4 Å². The monoisotopic (exact) mass is 411 g/mol. The number of hydrazine groups is 1. The van der Waals surface area contributed by atoms with E-state index in [-0.39, 0.29) is 17.1 Å². The van der Waals surface area contributed by atoms with Gasteiger partial charge >= 0.3 is 0 Å². The molecule has 2 aromatic rings. The molecule has 134 valence electrons. The van der Waals surface area contributed by atoms with Gasteiger partial charge in [-0.1, -0.05) is 40.9 Å². The normalized spacial score (nSPS) is 16.9. The standard InChI is InChI=1S/C17H12Cl3N3O3/c18-10-3-1-2-9(6-10)16(25)22-21-13-8-15(24)23(17(13)26)14-5-4-11(19)7-12(14)20/h1-7,13,21H,8H2,(H,22,25)/t13-/m1/s1. The highest BCUT2D eigenvalue weighted by Crippen LogP contribution is 2.32. The molecule has 0 aromatic heterocycles. The first-order valence-electron chi connectivity index (χ1n) is 7.50. The molecule has 9 heteroatoms. The van der Waals surface area contributed by atoms with Crippen LogP contribution in [0.25, 0.3) is 0 Å². The van der Waals surface area contributed by atoms with E-state index in [0.29, 0.717) is 15.6 Å². The topological polar surface area (TPSA) is 78.5 Å². The Morgan fingerprint density at radius 3 is 2.46 bits per heavy atom. The molecule has 6 nitrogen and oxygen atoms in total. The molecule has 0 spiro atoms. The van der Waals surface area contributed by atoms with Gasteiger partial charge in [-0.3, -0.25) is 19.8 Å². The number of amides is 3. The zero-order valence-corrected chi connectivity index (χ0v) is 15.4.